The van der Waals surface area contributed by atoms with E-state index in [0.29, 0.717) is 24.3 Å². The average molecular weight is 236 g/mol. The number of Topliss-reactive ketones (excluding diaryl/α,β-unsaturated/α-hetero) is 1. The van der Waals surface area contributed by atoms with Crippen molar-refractivity contribution in [3.8, 4) is 0 Å². The molecule has 0 unspecified atom stereocenters. The van der Waals surface area contributed by atoms with Crippen LogP contribution in [-0.2, 0) is 11.3 Å². The third-order valence-electron chi connectivity index (χ3n) is 2.97. The van der Waals surface area contributed by atoms with Crippen LogP contribution in [0.2, 0.25) is 0 Å². The van der Waals surface area contributed by atoms with Crippen molar-refractivity contribution in [3.05, 3.63) is 22.5 Å². The van der Waals surface area contributed by atoms with E-state index in [1.807, 2.05) is 0 Å². The summed E-state index contributed by atoms with van der Waals surface area (Å²) < 4.78 is 0. The molecule has 5 nitrogen and oxygen atoms in total. The van der Waals surface area contributed by atoms with E-state index in [9.17, 15) is 9.59 Å². The molecule has 0 atom stereocenters. The lowest BCUT2D eigenvalue weighted by Gasteiger charge is -2.09. The zero-order chi connectivity index (χ0) is 12.4. The highest BCUT2D eigenvalue weighted by atomic mass is 16.6. The van der Waals surface area contributed by atoms with E-state index in [2.05, 4.69) is 10.5 Å². The number of carbonyl (C=O) groups is 2. The number of carbonyl (C=O) groups excluding carboxylic acids is 2. The number of fused-ring (bicyclic) bond motifs is 1. The molecule has 1 amide bonds. The molecule has 5 heteroatoms. The summed E-state index contributed by atoms with van der Waals surface area (Å²) in [6, 6.07) is 0. The Labute approximate surface area is 99.5 Å². The third kappa shape index (κ3) is 2.10. The highest BCUT2D eigenvalue weighted by Crippen LogP contribution is 2.26. The summed E-state index contributed by atoms with van der Waals surface area (Å²) in [7, 11) is 0. The molecule has 1 aromatic rings. The van der Waals surface area contributed by atoms with E-state index < -0.39 is 0 Å². The van der Waals surface area contributed by atoms with Gasteiger partial charge in [-0.25, -0.2) is 5.48 Å². The first kappa shape index (κ1) is 11.9. The van der Waals surface area contributed by atoms with Crippen LogP contribution in [0.5, 0.6) is 0 Å². The fraction of sp³-hybridized carbons (Fsp3) is 0.500. The standard InChI is InChI=1S/C12H16N2O3/c1-3-17-14-12(16)11-7(2)10-8(13-11)5-4-6-9(10)15/h13H,3-6H2,1-2H3,(H,14,16). The van der Waals surface area contributed by atoms with Gasteiger partial charge in [-0.1, -0.05) is 0 Å². The molecule has 1 aliphatic rings. The number of nitrogens with one attached hydrogen (secondary N) is 2. The predicted molar refractivity (Wildman–Crippen MR) is 61.9 cm³/mol. The van der Waals surface area contributed by atoms with Gasteiger partial charge in [0.2, 0.25) is 0 Å². The van der Waals surface area contributed by atoms with Gasteiger partial charge in [-0.3, -0.25) is 14.4 Å². The van der Waals surface area contributed by atoms with E-state index in [4.69, 9.17) is 4.84 Å². The quantitative estimate of drug-likeness (QED) is 0.782. The van der Waals surface area contributed by atoms with Crippen LogP contribution in [0, 0.1) is 6.92 Å². The molecular weight excluding hydrogens is 220 g/mol. The number of H-pyrrole nitrogens is 1. The summed E-state index contributed by atoms with van der Waals surface area (Å²) in [6.07, 6.45) is 2.24. The molecule has 1 aliphatic carbocycles. The van der Waals surface area contributed by atoms with Crippen LogP contribution >= 0.6 is 0 Å². The molecule has 1 aromatic heterocycles. The van der Waals surface area contributed by atoms with Crippen molar-refractivity contribution in [1.82, 2.24) is 10.5 Å². The molecule has 0 aliphatic heterocycles. The van der Waals surface area contributed by atoms with Crippen molar-refractivity contribution < 1.29 is 14.4 Å². The van der Waals surface area contributed by atoms with E-state index in [0.717, 1.165) is 24.1 Å². The summed E-state index contributed by atoms with van der Waals surface area (Å²) in [5.74, 6) is -0.206. The Balaban J connectivity index is 2.31. The first-order valence-electron chi connectivity index (χ1n) is 5.82. The molecule has 17 heavy (non-hydrogen) atoms. The van der Waals surface area contributed by atoms with Gasteiger partial charge >= 0.3 is 0 Å². The van der Waals surface area contributed by atoms with Crippen molar-refractivity contribution in [2.24, 2.45) is 0 Å². The number of aromatic amines is 1. The topological polar surface area (TPSA) is 71.2 Å². The van der Waals surface area contributed by atoms with Crippen LogP contribution in [0.3, 0.4) is 0 Å². The molecule has 0 fully saturated rings. The largest absolute Gasteiger partial charge is 0.353 e. The third-order valence-corrected chi connectivity index (χ3v) is 2.97. The Hall–Kier alpha value is -1.62. The highest BCUT2D eigenvalue weighted by molar-refractivity contribution is 6.04. The number of rotatable bonds is 3. The lowest BCUT2D eigenvalue weighted by molar-refractivity contribution is 0.0360. The molecule has 0 aromatic carbocycles. The predicted octanol–water partition coefficient (Wildman–Crippen LogP) is 1.52. The van der Waals surface area contributed by atoms with Crippen molar-refractivity contribution >= 4 is 11.7 Å². The SMILES string of the molecule is CCONC(=O)c1[nH]c2c(c1C)C(=O)CCC2. The van der Waals surface area contributed by atoms with Gasteiger partial charge in [-0.05, 0) is 32.3 Å². The fourth-order valence-corrected chi connectivity index (χ4v) is 2.19. The number of amides is 1. The van der Waals surface area contributed by atoms with Gasteiger partial charge in [-0.15, -0.1) is 0 Å². The Morgan fingerprint density at radius 1 is 1.47 bits per heavy atom. The van der Waals surface area contributed by atoms with E-state index in [-0.39, 0.29) is 11.7 Å². The van der Waals surface area contributed by atoms with Crippen LogP contribution in [-0.4, -0.2) is 23.3 Å². The monoisotopic (exact) mass is 236 g/mol. The van der Waals surface area contributed by atoms with Crippen LogP contribution < -0.4 is 5.48 Å². The van der Waals surface area contributed by atoms with Crippen LogP contribution in [0.25, 0.3) is 0 Å². The van der Waals surface area contributed by atoms with E-state index >= 15 is 0 Å². The maximum atomic E-state index is 11.8. The second kappa shape index (κ2) is 4.71. The molecular formula is C12H16N2O3. The summed E-state index contributed by atoms with van der Waals surface area (Å²) in [6.45, 7) is 3.99. The molecule has 1 heterocycles. The summed E-state index contributed by atoms with van der Waals surface area (Å²) in [5.41, 5.74) is 5.05. The van der Waals surface area contributed by atoms with Crippen molar-refractivity contribution in [1.29, 1.82) is 0 Å². The van der Waals surface area contributed by atoms with Crippen molar-refractivity contribution in [2.75, 3.05) is 6.61 Å². The Bertz CT molecular complexity index is 463. The molecule has 2 rings (SSSR count). The van der Waals surface area contributed by atoms with Crippen LogP contribution in [0.4, 0.5) is 0 Å². The van der Waals surface area contributed by atoms with Crippen LogP contribution in [0.15, 0.2) is 0 Å². The van der Waals surface area contributed by atoms with Gasteiger partial charge in [0.15, 0.2) is 5.78 Å². The number of ketones is 1. The second-order valence-electron chi connectivity index (χ2n) is 4.12. The van der Waals surface area contributed by atoms with Gasteiger partial charge in [0.25, 0.3) is 5.91 Å². The van der Waals surface area contributed by atoms with Gasteiger partial charge < -0.3 is 4.98 Å². The highest BCUT2D eigenvalue weighted by Gasteiger charge is 2.26. The number of aryl methyl sites for hydroxylation is 1. The van der Waals surface area contributed by atoms with Crippen molar-refractivity contribution in [2.45, 2.75) is 33.1 Å². The molecule has 0 spiro atoms. The summed E-state index contributed by atoms with van der Waals surface area (Å²) in [5, 5.41) is 0. The number of aromatic nitrogens is 1. The minimum atomic E-state index is -0.327. The van der Waals surface area contributed by atoms with E-state index in [1.165, 1.54) is 0 Å². The fourth-order valence-electron chi connectivity index (χ4n) is 2.19. The normalized spacial score (nSPS) is 14.6. The van der Waals surface area contributed by atoms with Crippen LogP contribution in [0.1, 0.15) is 51.9 Å². The smallest absolute Gasteiger partial charge is 0.291 e. The number of hydrogen-bond donors (Lipinski definition) is 2. The Morgan fingerprint density at radius 3 is 2.88 bits per heavy atom. The number of hydroxylamine groups is 1. The number of hydrogen-bond acceptors (Lipinski definition) is 3. The first-order valence-corrected chi connectivity index (χ1v) is 5.82. The van der Waals surface area contributed by atoms with Gasteiger partial charge in [0, 0.05) is 17.7 Å². The molecule has 2 N–H and O–H groups in total. The molecule has 0 saturated carbocycles. The first-order chi connectivity index (χ1) is 8.15. The lowest BCUT2D eigenvalue weighted by atomic mass is 9.94. The minimum Gasteiger partial charge on any atom is -0.353 e. The molecule has 0 bridgehead atoms. The van der Waals surface area contributed by atoms with Gasteiger partial charge in [-0.2, -0.15) is 0 Å². The minimum absolute atomic E-state index is 0.121. The zero-order valence-electron chi connectivity index (χ0n) is 10.1. The lowest BCUT2D eigenvalue weighted by Crippen LogP contribution is -2.24. The Morgan fingerprint density at radius 2 is 2.24 bits per heavy atom. The zero-order valence-corrected chi connectivity index (χ0v) is 10.1. The van der Waals surface area contributed by atoms with E-state index in [1.54, 1.807) is 13.8 Å². The summed E-state index contributed by atoms with van der Waals surface area (Å²) in [4.78, 5) is 31.4. The van der Waals surface area contributed by atoms with Crippen molar-refractivity contribution in [3.63, 3.8) is 0 Å². The van der Waals surface area contributed by atoms with Gasteiger partial charge in [0.05, 0.1) is 6.61 Å². The maximum absolute atomic E-state index is 11.8. The Kier molecular flexibility index (Phi) is 3.28. The maximum Gasteiger partial charge on any atom is 0.291 e. The molecule has 92 valence electrons. The molecule has 0 saturated heterocycles. The van der Waals surface area contributed by atoms with Gasteiger partial charge in [0.1, 0.15) is 5.69 Å². The average Bonchev–Trinajstić information content (AvgIpc) is 2.65. The summed E-state index contributed by atoms with van der Waals surface area (Å²) >= 11 is 0. The second-order valence-corrected chi connectivity index (χ2v) is 4.12. The molecule has 0 radical (unpaired) electrons.